The van der Waals surface area contributed by atoms with Crippen molar-refractivity contribution in [1.29, 1.82) is 0 Å². The predicted molar refractivity (Wildman–Crippen MR) is 209 cm³/mol. The Morgan fingerprint density at radius 3 is 2.32 bits per heavy atom. The van der Waals surface area contributed by atoms with Gasteiger partial charge in [-0.3, -0.25) is 14.2 Å². The molecule has 1 saturated carbocycles. The summed E-state index contributed by atoms with van der Waals surface area (Å²) in [7, 11) is 0. The van der Waals surface area contributed by atoms with Crippen LogP contribution in [-0.4, -0.2) is 53.9 Å². The number of aromatic nitrogens is 5. The van der Waals surface area contributed by atoms with Gasteiger partial charge in [-0.1, -0.05) is 35.5 Å². The van der Waals surface area contributed by atoms with Gasteiger partial charge in [0.1, 0.15) is 36.1 Å². The Morgan fingerprint density at radius 1 is 1.00 bits per heavy atom. The summed E-state index contributed by atoms with van der Waals surface area (Å²) in [4.78, 5) is 18.7. The lowest BCUT2D eigenvalue weighted by Crippen LogP contribution is -2.35. The maximum absolute atomic E-state index is 15.4. The lowest BCUT2D eigenvalue weighted by Gasteiger charge is -2.23. The number of carbonyl (C=O) groups is 1. The number of halogens is 11. The molecule has 3 atom stereocenters. The average Bonchev–Trinajstić information content (AvgIpc) is 3.66. The van der Waals surface area contributed by atoms with Gasteiger partial charge >= 0.3 is 12.4 Å². The smallest absolute Gasteiger partial charge is 0.346 e. The topological polar surface area (TPSA) is 89.7 Å². The summed E-state index contributed by atoms with van der Waals surface area (Å²) in [5, 5.41) is 10.3. The van der Waals surface area contributed by atoms with Crippen LogP contribution in [0.25, 0.3) is 22.0 Å². The zero-order chi connectivity index (χ0) is 43.7. The first-order chi connectivity index (χ1) is 28.0. The minimum Gasteiger partial charge on any atom is -0.346 e. The molecule has 0 bridgehead atoms. The second kappa shape index (κ2) is 15.7. The SMILES string of the molecule is CSNc1nn(CC(F)(F)F)c2c(-c3ccc(C#CC(C)(C)SC)nc3C(Cc3cc(F)cc(F)c3)NC(=O)Cn3nc(C(F)(F)F)c4c3C(F)(F)C3CC43)ccc(Cl)c12. The molecule has 60 heavy (non-hydrogen) atoms. The highest BCUT2D eigenvalue weighted by Crippen LogP contribution is 2.68. The molecule has 8 nitrogen and oxygen atoms in total. The van der Waals surface area contributed by atoms with E-state index in [0.29, 0.717) is 15.4 Å². The molecule has 0 spiro atoms. The first-order valence-electron chi connectivity index (χ1n) is 18.0. The van der Waals surface area contributed by atoms with Crippen LogP contribution in [-0.2, 0) is 36.4 Å². The van der Waals surface area contributed by atoms with E-state index in [-0.39, 0.29) is 56.2 Å². The lowest BCUT2D eigenvalue weighted by atomic mass is 9.93. The normalized spacial score (nSPS) is 17.5. The standard InChI is InChI=1S/C39H32ClF10N7OS2/c1-36(2,59-3)10-9-21-5-6-22(23-7-8-26(40)30-32(23)57(17-37(43,44)45)54-35(30)55-60-4)31(51-21)27(13-18-11-19(41)14-20(42)12-18)52-28(58)16-56-34-29(33(53-56)39(48,49)50)24-15-25(24)38(34,46)47/h5-8,11-12,14,24-25,27H,13,15-17H2,1-4H3,(H,52,58)(H,54,55). The van der Waals surface area contributed by atoms with E-state index in [2.05, 4.69) is 32.1 Å². The molecular weight excluding hydrogens is 872 g/mol. The Bertz CT molecular complexity index is 2560. The van der Waals surface area contributed by atoms with E-state index < -0.39 is 94.9 Å². The Hall–Kier alpha value is -4.61. The third-order valence-electron chi connectivity index (χ3n) is 10.1. The van der Waals surface area contributed by atoms with Crippen LogP contribution in [0.15, 0.2) is 42.5 Å². The van der Waals surface area contributed by atoms with E-state index in [9.17, 15) is 39.9 Å². The molecule has 1 fully saturated rings. The molecule has 0 aliphatic heterocycles. The van der Waals surface area contributed by atoms with Crippen molar-refractivity contribution in [3.8, 4) is 23.0 Å². The fourth-order valence-electron chi connectivity index (χ4n) is 7.40. The second-order valence-electron chi connectivity index (χ2n) is 14.8. The number of thioether (sulfide) groups is 1. The van der Waals surface area contributed by atoms with Crippen LogP contribution in [0.3, 0.4) is 0 Å². The lowest BCUT2D eigenvalue weighted by molar-refractivity contribution is -0.142. The summed E-state index contributed by atoms with van der Waals surface area (Å²) in [6, 6.07) is 6.75. The number of hydrogen-bond donors (Lipinski definition) is 2. The maximum atomic E-state index is 15.4. The summed E-state index contributed by atoms with van der Waals surface area (Å²) < 4.78 is 148. The zero-order valence-electron chi connectivity index (χ0n) is 31.7. The number of benzene rings is 2. The van der Waals surface area contributed by atoms with Gasteiger partial charge in [0.15, 0.2) is 11.5 Å². The van der Waals surface area contributed by atoms with Crippen LogP contribution >= 0.6 is 35.3 Å². The summed E-state index contributed by atoms with van der Waals surface area (Å²) in [6.45, 7) is 0.964. The van der Waals surface area contributed by atoms with Crippen LogP contribution in [0, 0.1) is 29.4 Å². The quantitative estimate of drug-likeness (QED) is 0.0775. The van der Waals surface area contributed by atoms with E-state index >= 15 is 8.78 Å². The first-order valence-corrected chi connectivity index (χ1v) is 20.8. The first kappa shape index (κ1) is 43.5. The third-order valence-corrected chi connectivity index (χ3v) is 11.9. The van der Waals surface area contributed by atoms with E-state index in [1.807, 2.05) is 20.1 Å². The minimum atomic E-state index is -5.11. The van der Waals surface area contributed by atoms with Crippen molar-refractivity contribution in [2.75, 3.05) is 17.2 Å². The van der Waals surface area contributed by atoms with Crippen molar-refractivity contribution >= 4 is 57.9 Å². The van der Waals surface area contributed by atoms with Crippen molar-refractivity contribution in [2.24, 2.45) is 5.92 Å². The average molecular weight is 904 g/mol. The van der Waals surface area contributed by atoms with Crippen LogP contribution in [0.1, 0.15) is 66.1 Å². The summed E-state index contributed by atoms with van der Waals surface area (Å²) in [5.41, 5.74) is -3.27. The van der Waals surface area contributed by atoms with Crippen LogP contribution in [0.2, 0.25) is 5.02 Å². The molecule has 2 aliphatic rings. The van der Waals surface area contributed by atoms with Crippen LogP contribution < -0.4 is 10.0 Å². The van der Waals surface area contributed by atoms with Crippen LogP contribution in [0.4, 0.5) is 49.7 Å². The van der Waals surface area contributed by atoms with E-state index in [0.717, 1.165) is 24.1 Å². The van der Waals surface area contributed by atoms with Crippen molar-refractivity contribution in [2.45, 2.75) is 74.8 Å². The number of hydrogen-bond acceptors (Lipinski definition) is 7. The van der Waals surface area contributed by atoms with Gasteiger partial charge in [-0.2, -0.15) is 45.3 Å². The highest BCUT2D eigenvalue weighted by Gasteiger charge is 2.68. The molecule has 2 aromatic carbocycles. The number of alkyl halides is 8. The van der Waals surface area contributed by atoms with Gasteiger partial charge in [-0.15, -0.1) is 11.8 Å². The molecule has 0 radical (unpaired) electrons. The van der Waals surface area contributed by atoms with E-state index in [1.54, 1.807) is 6.26 Å². The molecule has 318 valence electrons. The number of anilines is 1. The van der Waals surface area contributed by atoms with Gasteiger partial charge in [-0.25, -0.2) is 13.8 Å². The molecule has 2 N–H and O–H groups in total. The Morgan fingerprint density at radius 2 is 1.68 bits per heavy atom. The molecule has 21 heteroatoms. The van der Waals surface area contributed by atoms with E-state index in [1.165, 1.54) is 36.0 Å². The minimum absolute atomic E-state index is 0.00981. The molecule has 2 aliphatic carbocycles. The summed E-state index contributed by atoms with van der Waals surface area (Å²) >= 11 is 9.02. The van der Waals surface area contributed by atoms with Gasteiger partial charge in [0.2, 0.25) is 5.91 Å². The summed E-state index contributed by atoms with van der Waals surface area (Å²) in [5.74, 6) is -3.34. The van der Waals surface area contributed by atoms with E-state index in [4.69, 9.17) is 16.6 Å². The number of pyridine rings is 1. The summed E-state index contributed by atoms with van der Waals surface area (Å²) in [6.07, 6.45) is -7.08. The van der Waals surface area contributed by atoms with Crippen molar-refractivity contribution < 1.29 is 48.7 Å². The third kappa shape index (κ3) is 8.62. The molecular formula is C39H32ClF10N7OS2. The number of nitrogens with zero attached hydrogens (tertiary/aromatic N) is 5. The monoisotopic (exact) mass is 903 g/mol. The largest absolute Gasteiger partial charge is 0.435 e. The number of amides is 1. The van der Waals surface area contributed by atoms with Gasteiger partial charge in [0, 0.05) is 34.9 Å². The highest BCUT2D eigenvalue weighted by molar-refractivity contribution is 8.00. The fraction of sp³-hybridized carbons (Fsp3) is 0.385. The highest BCUT2D eigenvalue weighted by atomic mass is 35.5. The molecule has 1 amide bonds. The molecule has 3 heterocycles. The molecule has 3 aromatic heterocycles. The molecule has 5 aromatic rings. The number of nitrogens with one attached hydrogen (secondary N) is 2. The van der Waals surface area contributed by atoms with Crippen molar-refractivity contribution in [3.05, 3.63) is 93.0 Å². The number of fused-ring (bicyclic) bond motifs is 4. The van der Waals surface area contributed by atoms with Gasteiger partial charge < -0.3 is 10.0 Å². The van der Waals surface area contributed by atoms with Crippen LogP contribution in [0.5, 0.6) is 0 Å². The Labute approximate surface area is 349 Å². The number of carbonyl (C=O) groups excluding carboxylic acids is 1. The molecule has 0 saturated heterocycles. The van der Waals surface area contributed by atoms with Gasteiger partial charge in [-0.05, 0) is 80.7 Å². The Kier molecular flexibility index (Phi) is 11.4. The predicted octanol–water partition coefficient (Wildman–Crippen LogP) is 10.3. The second-order valence-corrected chi connectivity index (χ2v) is 17.2. The number of rotatable bonds is 11. The van der Waals surface area contributed by atoms with Crippen molar-refractivity contribution in [1.82, 2.24) is 29.9 Å². The molecule has 3 unspecified atom stereocenters. The fourth-order valence-corrected chi connectivity index (χ4v) is 8.13. The van der Waals surface area contributed by atoms with Gasteiger partial charge in [0.25, 0.3) is 5.92 Å². The zero-order valence-corrected chi connectivity index (χ0v) is 34.1. The Balaban J connectivity index is 1.42. The molecule has 7 rings (SSSR count). The van der Waals surface area contributed by atoms with Crippen molar-refractivity contribution in [3.63, 3.8) is 0 Å². The maximum Gasteiger partial charge on any atom is 0.435 e. The van der Waals surface area contributed by atoms with Gasteiger partial charge in [0.05, 0.1) is 32.4 Å².